The van der Waals surface area contributed by atoms with Crippen LogP contribution in [0, 0.1) is 6.92 Å². The number of carbonyl (C=O) groups is 1. The van der Waals surface area contributed by atoms with E-state index in [2.05, 4.69) is 29.2 Å². The van der Waals surface area contributed by atoms with E-state index >= 15 is 0 Å². The fraction of sp³-hybridized carbons (Fsp3) is 0.400. The molecule has 0 saturated carbocycles. The lowest BCUT2D eigenvalue weighted by molar-refractivity contribution is 0.0928. The number of para-hydroxylation sites is 1. The van der Waals surface area contributed by atoms with Crippen molar-refractivity contribution in [2.24, 2.45) is 7.05 Å². The van der Waals surface area contributed by atoms with Crippen molar-refractivity contribution >= 4 is 22.3 Å². The summed E-state index contributed by atoms with van der Waals surface area (Å²) in [5.41, 5.74) is 3.13. The molecule has 1 aliphatic rings. The average Bonchev–Trinajstić information content (AvgIpc) is 3.51. The predicted molar refractivity (Wildman–Crippen MR) is 129 cm³/mol. The molecule has 33 heavy (non-hydrogen) atoms. The van der Waals surface area contributed by atoms with Gasteiger partial charge in [-0.3, -0.25) is 28.1 Å². The van der Waals surface area contributed by atoms with Crippen molar-refractivity contribution in [2.75, 3.05) is 13.1 Å². The highest BCUT2D eigenvalue weighted by molar-refractivity contribution is 5.99. The molecule has 1 saturated heterocycles. The Morgan fingerprint density at radius 1 is 1.24 bits per heavy atom. The Hall–Kier alpha value is -3.39. The molecule has 0 aliphatic carbocycles. The molecule has 0 radical (unpaired) electrons. The quantitative estimate of drug-likeness (QED) is 0.512. The third kappa shape index (κ3) is 3.54. The molecule has 1 aliphatic heterocycles. The summed E-state index contributed by atoms with van der Waals surface area (Å²) in [6.07, 6.45) is 7.28. The van der Waals surface area contributed by atoms with Crippen LogP contribution in [-0.2, 0) is 7.05 Å². The third-order valence-electron chi connectivity index (χ3n) is 6.83. The normalized spacial score (nSPS) is 16.9. The number of likely N-dealkylation sites (tertiary alicyclic amines) is 1. The van der Waals surface area contributed by atoms with E-state index in [9.17, 15) is 9.59 Å². The van der Waals surface area contributed by atoms with E-state index < -0.39 is 0 Å². The van der Waals surface area contributed by atoms with E-state index in [0.717, 1.165) is 35.9 Å². The Morgan fingerprint density at radius 2 is 2.03 bits per heavy atom. The summed E-state index contributed by atoms with van der Waals surface area (Å²) < 4.78 is 4.98. The Labute approximate surface area is 192 Å². The molecule has 1 fully saturated rings. The molecule has 0 spiro atoms. The molecule has 1 aromatic carbocycles. The molecule has 0 bridgehead atoms. The highest BCUT2D eigenvalue weighted by Gasteiger charge is 2.28. The summed E-state index contributed by atoms with van der Waals surface area (Å²) in [5, 5.41) is 8.34. The lowest BCUT2D eigenvalue weighted by Crippen LogP contribution is -2.43. The summed E-state index contributed by atoms with van der Waals surface area (Å²) in [7, 11) is 1.81. The number of nitrogens with zero attached hydrogens (tertiary/aromatic N) is 5. The number of carbonyl (C=O) groups excluding carboxylic acids is 1. The summed E-state index contributed by atoms with van der Waals surface area (Å²) in [5.74, 6) is -0.186. The largest absolute Gasteiger partial charge is 0.349 e. The first-order chi connectivity index (χ1) is 15.9. The van der Waals surface area contributed by atoms with Crippen molar-refractivity contribution in [2.45, 2.75) is 45.7 Å². The van der Waals surface area contributed by atoms with Crippen molar-refractivity contribution in [3.8, 4) is 5.69 Å². The summed E-state index contributed by atoms with van der Waals surface area (Å²) in [4.78, 5) is 29.6. The number of rotatable bonds is 5. The van der Waals surface area contributed by atoms with E-state index in [1.165, 1.54) is 4.57 Å². The summed E-state index contributed by atoms with van der Waals surface area (Å²) in [6.45, 7) is 7.98. The zero-order valence-electron chi connectivity index (χ0n) is 19.6. The van der Waals surface area contributed by atoms with Crippen LogP contribution in [0.15, 0.2) is 47.7 Å². The fourth-order valence-corrected chi connectivity index (χ4v) is 5.20. The van der Waals surface area contributed by atoms with Gasteiger partial charge in [-0.15, -0.1) is 0 Å². The molecule has 1 atom stereocenters. The minimum Gasteiger partial charge on any atom is -0.349 e. The molecule has 0 unspecified atom stereocenters. The second-order valence-electron chi connectivity index (χ2n) is 9.23. The van der Waals surface area contributed by atoms with Gasteiger partial charge in [0.25, 0.3) is 11.5 Å². The van der Waals surface area contributed by atoms with Gasteiger partial charge >= 0.3 is 0 Å². The smallest absolute Gasteiger partial charge is 0.279 e. The molecule has 3 aromatic heterocycles. The van der Waals surface area contributed by atoms with E-state index in [1.807, 2.05) is 35.6 Å². The van der Waals surface area contributed by atoms with E-state index in [1.54, 1.807) is 30.3 Å². The molecule has 8 heteroatoms. The van der Waals surface area contributed by atoms with Gasteiger partial charge in [-0.05, 0) is 51.8 Å². The second-order valence-corrected chi connectivity index (χ2v) is 9.23. The van der Waals surface area contributed by atoms with Crippen molar-refractivity contribution in [3.05, 3.63) is 64.5 Å². The van der Waals surface area contributed by atoms with Gasteiger partial charge in [0.15, 0.2) is 0 Å². The van der Waals surface area contributed by atoms with Crippen molar-refractivity contribution in [3.63, 3.8) is 0 Å². The average molecular weight is 447 g/mol. The molecule has 5 rings (SSSR count). The van der Waals surface area contributed by atoms with Gasteiger partial charge in [0, 0.05) is 43.5 Å². The molecule has 172 valence electrons. The molecule has 1 amide bonds. The van der Waals surface area contributed by atoms with Crippen LogP contribution in [0.3, 0.4) is 0 Å². The molecular weight excluding hydrogens is 416 g/mol. The van der Waals surface area contributed by atoms with Crippen LogP contribution < -0.4 is 10.9 Å². The zero-order chi connectivity index (χ0) is 23.3. The lowest BCUT2D eigenvalue weighted by atomic mass is 10.2. The minimum atomic E-state index is -0.186. The zero-order valence-corrected chi connectivity index (χ0v) is 19.6. The topological polar surface area (TPSA) is 76.6 Å². The van der Waals surface area contributed by atoms with Crippen LogP contribution in [-0.4, -0.2) is 54.7 Å². The number of amides is 1. The molecule has 1 N–H and O–H groups in total. The van der Waals surface area contributed by atoms with Crippen molar-refractivity contribution in [1.29, 1.82) is 0 Å². The van der Waals surface area contributed by atoms with Crippen LogP contribution in [0.25, 0.3) is 22.1 Å². The van der Waals surface area contributed by atoms with Crippen LogP contribution in [0.5, 0.6) is 0 Å². The van der Waals surface area contributed by atoms with Gasteiger partial charge in [0.05, 0.1) is 17.4 Å². The van der Waals surface area contributed by atoms with E-state index in [4.69, 9.17) is 0 Å². The third-order valence-corrected chi connectivity index (χ3v) is 6.83. The number of hydrogen-bond acceptors (Lipinski definition) is 4. The molecule has 4 heterocycles. The monoisotopic (exact) mass is 446 g/mol. The maximum absolute atomic E-state index is 13.6. The van der Waals surface area contributed by atoms with Gasteiger partial charge < -0.3 is 5.32 Å². The van der Waals surface area contributed by atoms with Gasteiger partial charge in [0.2, 0.25) is 0 Å². The Balaban J connectivity index is 1.64. The number of fused-ring (bicyclic) bond motifs is 3. The van der Waals surface area contributed by atoms with Crippen LogP contribution in [0.4, 0.5) is 0 Å². The summed E-state index contributed by atoms with van der Waals surface area (Å²) in [6, 6.07) is 8.61. The van der Waals surface area contributed by atoms with Crippen molar-refractivity contribution in [1.82, 2.24) is 29.0 Å². The second kappa shape index (κ2) is 8.19. The van der Waals surface area contributed by atoms with Gasteiger partial charge in [-0.1, -0.05) is 18.2 Å². The number of aromatic nitrogens is 4. The fourth-order valence-electron chi connectivity index (χ4n) is 5.20. The van der Waals surface area contributed by atoms with Gasteiger partial charge in [0.1, 0.15) is 11.2 Å². The maximum atomic E-state index is 13.6. The van der Waals surface area contributed by atoms with Crippen molar-refractivity contribution < 1.29 is 4.79 Å². The van der Waals surface area contributed by atoms with Gasteiger partial charge in [-0.2, -0.15) is 5.10 Å². The van der Waals surface area contributed by atoms with Crippen LogP contribution in [0.1, 0.15) is 42.7 Å². The standard InChI is InChI=1S/C25H30N6O2/c1-16(2)29-11-7-8-18(29)12-26-24(32)22-15-30(19-13-27-28(4)14-19)25(33)23-17(3)20-9-5-6-10-21(20)31(22)23/h5-6,9-10,13-16,18H,7-8,11-12H2,1-4H3,(H,26,32)/t18-/m1/s1. The van der Waals surface area contributed by atoms with E-state index in [-0.39, 0.29) is 11.5 Å². The molecule has 8 nitrogen and oxygen atoms in total. The number of nitrogens with one attached hydrogen (secondary N) is 1. The Morgan fingerprint density at radius 3 is 2.76 bits per heavy atom. The Bertz CT molecular complexity index is 1410. The Kier molecular flexibility index (Phi) is 5.32. The first kappa shape index (κ1) is 21.5. The first-order valence-electron chi connectivity index (χ1n) is 11.5. The molecule has 4 aromatic rings. The minimum absolute atomic E-state index is 0.171. The highest BCUT2D eigenvalue weighted by Crippen LogP contribution is 2.26. The predicted octanol–water partition coefficient (Wildman–Crippen LogP) is 2.89. The number of benzene rings is 1. The first-order valence-corrected chi connectivity index (χ1v) is 11.5. The molecular formula is C25H30N6O2. The van der Waals surface area contributed by atoms with Gasteiger partial charge in [-0.25, -0.2) is 0 Å². The highest BCUT2D eigenvalue weighted by atomic mass is 16.2. The van der Waals surface area contributed by atoms with Crippen LogP contribution >= 0.6 is 0 Å². The SMILES string of the molecule is Cc1c2ccccc2n2c(C(=O)NC[C@H]3CCCN3C(C)C)cn(-c3cnn(C)c3)c(=O)c12. The lowest BCUT2D eigenvalue weighted by Gasteiger charge is -2.28. The number of hydrogen-bond donors (Lipinski definition) is 1. The summed E-state index contributed by atoms with van der Waals surface area (Å²) >= 11 is 0. The maximum Gasteiger partial charge on any atom is 0.279 e. The number of aryl methyl sites for hydroxylation is 2. The van der Waals surface area contributed by atoms with Crippen LogP contribution in [0.2, 0.25) is 0 Å². The van der Waals surface area contributed by atoms with E-state index in [0.29, 0.717) is 35.5 Å².